The Morgan fingerprint density at radius 3 is 2.74 bits per heavy atom. The minimum atomic E-state index is -2.88. The quantitative estimate of drug-likeness (QED) is 0.649. The number of anilines is 1. The van der Waals surface area contributed by atoms with Gasteiger partial charge in [-0.1, -0.05) is 25.4 Å². The number of amides is 1. The van der Waals surface area contributed by atoms with Crippen molar-refractivity contribution in [1.82, 2.24) is 9.55 Å². The summed E-state index contributed by atoms with van der Waals surface area (Å²) in [7, 11) is 0. The third kappa shape index (κ3) is 2.18. The van der Waals surface area contributed by atoms with Crippen molar-refractivity contribution >= 4 is 23.3 Å². The summed E-state index contributed by atoms with van der Waals surface area (Å²) in [4.78, 5) is 27.2. The third-order valence-electron chi connectivity index (χ3n) is 4.04. The smallest absolute Gasteiger partial charge is 0.351 e. The summed E-state index contributed by atoms with van der Waals surface area (Å²) in [6.45, 7) is 3.35. The fraction of sp³-hybridized carbons (Fsp3) is 0.615. The molecule has 23 heavy (non-hydrogen) atoms. The molecule has 2 heterocycles. The molecule has 8 nitrogen and oxygen atoms in total. The standard InChI is InChI=1S/C13H15ClFN3O5/c1-5(2)9(20)16-6-3-4-18(11(21)17-6)10-13(14,15)12(22)7(19)8(12)23-10/h3-5,7-8,10,19,22H,1-2H3,(H,16,17,20,21)/t7?,8-,10-,12-,13+/m1/s1. The van der Waals surface area contributed by atoms with Gasteiger partial charge in [0.25, 0.3) is 5.13 Å². The third-order valence-corrected chi connectivity index (χ3v) is 4.53. The topological polar surface area (TPSA) is 114 Å². The Hall–Kier alpha value is -1.55. The van der Waals surface area contributed by atoms with Crippen molar-refractivity contribution in [2.24, 2.45) is 5.92 Å². The van der Waals surface area contributed by atoms with Crippen LogP contribution in [0.25, 0.3) is 0 Å². The lowest BCUT2D eigenvalue weighted by atomic mass is 10.1. The lowest BCUT2D eigenvalue weighted by Crippen LogP contribution is -2.45. The maximum atomic E-state index is 14.6. The number of aliphatic hydroxyl groups excluding tert-OH is 1. The van der Waals surface area contributed by atoms with Gasteiger partial charge in [0.15, 0.2) is 11.8 Å². The predicted molar refractivity (Wildman–Crippen MR) is 76.5 cm³/mol. The normalized spacial score (nSPS) is 38.5. The first-order valence-corrected chi connectivity index (χ1v) is 7.32. The van der Waals surface area contributed by atoms with Crippen LogP contribution in [0.4, 0.5) is 10.2 Å². The highest BCUT2D eigenvalue weighted by atomic mass is 35.5. The average Bonchev–Trinajstić information content (AvgIpc) is 2.91. The van der Waals surface area contributed by atoms with E-state index in [0.29, 0.717) is 0 Å². The van der Waals surface area contributed by atoms with Crippen LogP contribution >= 0.6 is 11.6 Å². The number of halogens is 2. The number of nitrogens with one attached hydrogen (secondary N) is 1. The van der Waals surface area contributed by atoms with E-state index in [1.165, 1.54) is 6.07 Å². The number of hydrogen-bond donors (Lipinski definition) is 3. The van der Waals surface area contributed by atoms with E-state index in [1.807, 2.05) is 0 Å². The van der Waals surface area contributed by atoms with Crippen LogP contribution in [0.15, 0.2) is 17.1 Å². The molecular formula is C13H15ClFN3O5. The van der Waals surface area contributed by atoms with Crippen molar-refractivity contribution in [2.75, 3.05) is 5.32 Å². The van der Waals surface area contributed by atoms with Gasteiger partial charge in [-0.25, -0.2) is 9.18 Å². The zero-order valence-corrected chi connectivity index (χ0v) is 13.0. The van der Waals surface area contributed by atoms with Crippen LogP contribution < -0.4 is 11.0 Å². The van der Waals surface area contributed by atoms with E-state index >= 15 is 0 Å². The molecule has 3 rings (SSSR count). The molecule has 1 aliphatic carbocycles. The molecule has 3 N–H and O–H groups in total. The van der Waals surface area contributed by atoms with E-state index in [1.54, 1.807) is 13.8 Å². The van der Waals surface area contributed by atoms with Gasteiger partial charge >= 0.3 is 5.69 Å². The first-order valence-electron chi connectivity index (χ1n) is 6.94. The number of alkyl halides is 2. The van der Waals surface area contributed by atoms with Crippen LogP contribution in [0.1, 0.15) is 20.1 Å². The van der Waals surface area contributed by atoms with E-state index in [0.717, 1.165) is 10.8 Å². The van der Waals surface area contributed by atoms with Crippen LogP contribution in [0.2, 0.25) is 0 Å². The fourth-order valence-corrected chi connectivity index (χ4v) is 2.86. The van der Waals surface area contributed by atoms with Gasteiger partial charge in [0.2, 0.25) is 5.91 Å². The van der Waals surface area contributed by atoms with Crippen LogP contribution in [0, 0.1) is 5.92 Å². The molecule has 1 saturated carbocycles. The molecule has 1 amide bonds. The highest BCUT2D eigenvalue weighted by Crippen LogP contribution is 2.63. The van der Waals surface area contributed by atoms with Gasteiger partial charge < -0.3 is 20.3 Å². The van der Waals surface area contributed by atoms with Gasteiger partial charge in [-0.3, -0.25) is 9.36 Å². The van der Waals surface area contributed by atoms with Crippen molar-refractivity contribution in [3.63, 3.8) is 0 Å². The molecule has 1 aliphatic heterocycles. The molecule has 5 atom stereocenters. The highest BCUT2D eigenvalue weighted by Gasteiger charge is 2.85. The SMILES string of the molecule is CC(C)C(=O)Nc1ccn([C@@H]2O[C@@H]3C(O)[C@]3(O)[C@]2(F)Cl)c(=O)n1. The maximum absolute atomic E-state index is 14.6. The summed E-state index contributed by atoms with van der Waals surface area (Å²) in [6.07, 6.45) is -3.15. The van der Waals surface area contributed by atoms with Crippen LogP contribution in [0.5, 0.6) is 0 Å². The number of fused-ring (bicyclic) bond motifs is 1. The van der Waals surface area contributed by atoms with Gasteiger partial charge in [-0.05, 0) is 6.07 Å². The number of aromatic nitrogens is 2. The molecule has 2 fully saturated rings. The molecule has 126 valence electrons. The molecule has 1 saturated heterocycles. The van der Waals surface area contributed by atoms with E-state index in [-0.39, 0.29) is 17.6 Å². The Bertz CT molecular complexity index is 724. The summed E-state index contributed by atoms with van der Waals surface area (Å²) in [5.74, 6) is -0.630. The van der Waals surface area contributed by atoms with Crippen LogP contribution in [-0.2, 0) is 9.53 Å². The molecule has 0 aromatic carbocycles. The molecule has 1 aromatic heterocycles. The Morgan fingerprint density at radius 1 is 1.61 bits per heavy atom. The van der Waals surface area contributed by atoms with Crippen molar-refractivity contribution in [2.45, 2.75) is 43.0 Å². The van der Waals surface area contributed by atoms with Crippen LogP contribution in [-0.4, -0.2) is 48.6 Å². The summed E-state index contributed by atoms with van der Waals surface area (Å²) < 4.78 is 20.5. The second-order valence-corrected chi connectivity index (χ2v) is 6.50. The Labute approximate surface area is 134 Å². The highest BCUT2D eigenvalue weighted by molar-refractivity contribution is 6.24. The zero-order chi connectivity index (χ0) is 17.2. The van der Waals surface area contributed by atoms with E-state index < -0.39 is 34.9 Å². The molecule has 1 unspecified atom stereocenters. The predicted octanol–water partition coefficient (Wildman–Crippen LogP) is -0.255. The fourth-order valence-electron chi connectivity index (χ4n) is 2.49. The number of hydrogen-bond acceptors (Lipinski definition) is 6. The Morgan fingerprint density at radius 2 is 2.26 bits per heavy atom. The van der Waals surface area contributed by atoms with Crippen molar-refractivity contribution in [3.8, 4) is 0 Å². The summed E-state index contributed by atoms with van der Waals surface area (Å²) in [5.41, 5.74) is -3.18. The summed E-state index contributed by atoms with van der Waals surface area (Å²) >= 11 is 5.68. The molecule has 1 aromatic rings. The first kappa shape index (κ1) is 16.3. The number of ether oxygens (including phenoxy) is 1. The molecule has 0 spiro atoms. The minimum absolute atomic E-state index is 0.00545. The number of aliphatic hydroxyl groups is 2. The molecular weight excluding hydrogens is 333 g/mol. The lowest BCUT2D eigenvalue weighted by molar-refractivity contribution is -0.118. The molecule has 10 heteroatoms. The van der Waals surface area contributed by atoms with Crippen molar-refractivity contribution < 1.29 is 24.1 Å². The average molecular weight is 348 g/mol. The lowest BCUT2D eigenvalue weighted by Gasteiger charge is -2.27. The summed E-state index contributed by atoms with van der Waals surface area (Å²) in [5, 5.41) is 18.9. The van der Waals surface area contributed by atoms with Crippen LogP contribution in [0.3, 0.4) is 0 Å². The first-order chi connectivity index (χ1) is 10.6. The Kier molecular flexibility index (Phi) is 3.53. The summed E-state index contributed by atoms with van der Waals surface area (Å²) in [6, 6.07) is 1.28. The molecule has 2 aliphatic rings. The van der Waals surface area contributed by atoms with Crippen molar-refractivity contribution in [1.29, 1.82) is 0 Å². The van der Waals surface area contributed by atoms with Gasteiger partial charge in [-0.2, -0.15) is 4.98 Å². The second kappa shape index (κ2) is 4.97. The number of carbonyl (C=O) groups is 1. The molecule has 0 bridgehead atoms. The zero-order valence-electron chi connectivity index (χ0n) is 12.2. The van der Waals surface area contributed by atoms with E-state index in [4.69, 9.17) is 16.3 Å². The van der Waals surface area contributed by atoms with Gasteiger partial charge in [0.05, 0.1) is 0 Å². The van der Waals surface area contributed by atoms with Gasteiger partial charge in [-0.15, -0.1) is 0 Å². The number of rotatable bonds is 3. The molecule has 0 radical (unpaired) electrons. The van der Waals surface area contributed by atoms with Gasteiger partial charge in [0.1, 0.15) is 18.0 Å². The Balaban J connectivity index is 1.86. The number of carbonyl (C=O) groups excluding carboxylic acids is 1. The minimum Gasteiger partial charge on any atom is -0.387 e. The second-order valence-electron chi connectivity index (χ2n) is 5.95. The monoisotopic (exact) mass is 347 g/mol. The van der Waals surface area contributed by atoms with Crippen molar-refractivity contribution in [3.05, 3.63) is 22.7 Å². The van der Waals surface area contributed by atoms with Gasteiger partial charge in [0, 0.05) is 12.1 Å². The van der Waals surface area contributed by atoms with E-state index in [2.05, 4.69) is 10.3 Å². The van der Waals surface area contributed by atoms with E-state index in [9.17, 15) is 24.2 Å². The largest absolute Gasteiger partial charge is 0.387 e. The number of nitrogens with zero attached hydrogens (tertiary/aromatic N) is 2. The maximum Gasteiger partial charge on any atom is 0.351 e.